The SMILES string of the molecule is O=C(O)COc1ccc(NC(=O)c2ccc3ccccc3c2)cc1. The molecule has 0 bridgehead atoms. The van der Waals surface area contributed by atoms with Crippen molar-refractivity contribution in [2.24, 2.45) is 0 Å². The fraction of sp³-hybridized carbons (Fsp3) is 0.0526. The van der Waals surface area contributed by atoms with Gasteiger partial charge in [-0.1, -0.05) is 30.3 Å². The van der Waals surface area contributed by atoms with Gasteiger partial charge in [-0.05, 0) is 47.2 Å². The third-order valence-electron chi connectivity index (χ3n) is 3.49. The van der Waals surface area contributed by atoms with E-state index >= 15 is 0 Å². The minimum absolute atomic E-state index is 0.208. The number of benzene rings is 3. The lowest BCUT2D eigenvalue weighted by atomic mass is 10.1. The summed E-state index contributed by atoms with van der Waals surface area (Å²) in [4.78, 5) is 22.8. The number of ether oxygens (including phenoxy) is 1. The highest BCUT2D eigenvalue weighted by Crippen LogP contribution is 2.19. The Kier molecular flexibility index (Phi) is 4.43. The summed E-state index contributed by atoms with van der Waals surface area (Å²) in [5, 5.41) is 13.5. The molecule has 3 aromatic rings. The molecule has 0 aliphatic heterocycles. The van der Waals surface area contributed by atoms with Crippen molar-refractivity contribution in [2.75, 3.05) is 11.9 Å². The molecular formula is C19H15NO4. The van der Waals surface area contributed by atoms with Gasteiger partial charge in [0.1, 0.15) is 5.75 Å². The van der Waals surface area contributed by atoms with E-state index in [-0.39, 0.29) is 5.91 Å². The molecule has 3 rings (SSSR count). The lowest BCUT2D eigenvalue weighted by molar-refractivity contribution is -0.139. The molecule has 0 aromatic heterocycles. The second-order valence-electron chi connectivity index (χ2n) is 5.22. The standard InChI is InChI=1S/C19H15NO4/c21-18(22)12-24-17-9-7-16(8-10-17)20-19(23)15-6-5-13-3-1-2-4-14(13)11-15/h1-11H,12H2,(H,20,23)(H,21,22). The summed E-state index contributed by atoms with van der Waals surface area (Å²) < 4.78 is 5.05. The van der Waals surface area contributed by atoms with Crippen LogP contribution in [0, 0.1) is 0 Å². The van der Waals surface area contributed by atoms with Crippen LogP contribution in [0.2, 0.25) is 0 Å². The highest BCUT2D eigenvalue weighted by molar-refractivity contribution is 6.06. The van der Waals surface area contributed by atoms with E-state index in [1.54, 1.807) is 30.3 Å². The van der Waals surface area contributed by atoms with Crippen LogP contribution in [0.4, 0.5) is 5.69 Å². The quantitative estimate of drug-likeness (QED) is 0.753. The number of rotatable bonds is 5. The Morgan fingerprint density at radius 1 is 0.917 bits per heavy atom. The normalized spacial score (nSPS) is 10.3. The maximum absolute atomic E-state index is 12.3. The molecule has 0 saturated heterocycles. The van der Waals surface area contributed by atoms with Crippen molar-refractivity contribution in [3.63, 3.8) is 0 Å². The average Bonchev–Trinajstić information content (AvgIpc) is 2.60. The van der Waals surface area contributed by atoms with Crippen molar-refractivity contribution in [3.05, 3.63) is 72.3 Å². The summed E-state index contributed by atoms with van der Waals surface area (Å²) in [6, 6.07) is 19.9. The van der Waals surface area contributed by atoms with E-state index < -0.39 is 12.6 Å². The summed E-state index contributed by atoms with van der Waals surface area (Å²) in [6.45, 7) is -0.400. The largest absolute Gasteiger partial charge is 0.482 e. The van der Waals surface area contributed by atoms with Crippen LogP contribution in [0.15, 0.2) is 66.7 Å². The predicted molar refractivity (Wildman–Crippen MR) is 91.5 cm³/mol. The number of amides is 1. The third kappa shape index (κ3) is 3.70. The predicted octanol–water partition coefficient (Wildman–Crippen LogP) is 3.56. The van der Waals surface area contributed by atoms with Crippen molar-refractivity contribution in [1.82, 2.24) is 0 Å². The van der Waals surface area contributed by atoms with Gasteiger partial charge in [0.15, 0.2) is 6.61 Å². The Morgan fingerprint density at radius 3 is 2.33 bits per heavy atom. The third-order valence-corrected chi connectivity index (χ3v) is 3.49. The van der Waals surface area contributed by atoms with Gasteiger partial charge < -0.3 is 15.2 Å². The number of anilines is 1. The molecule has 0 heterocycles. The summed E-state index contributed by atoms with van der Waals surface area (Å²) >= 11 is 0. The highest BCUT2D eigenvalue weighted by Gasteiger charge is 2.07. The van der Waals surface area contributed by atoms with Gasteiger partial charge in [0.2, 0.25) is 0 Å². The second-order valence-corrected chi connectivity index (χ2v) is 5.22. The minimum Gasteiger partial charge on any atom is -0.482 e. The second kappa shape index (κ2) is 6.83. The fourth-order valence-corrected chi connectivity index (χ4v) is 2.31. The smallest absolute Gasteiger partial charge is 0.341 e. The number of carboxylic acid groups (broad SMARTS) is 1. The molecular weight excluding hydrogens is 306 g/mol. The maximum atomic E-state index is 12.3. The summed E-state index contributed by atoms with van der Waals surface area (Å²) in [7, 11) is 0. The van der Waals surface area contributed by atoms with Crippen LogP contribution in [0.3, 0.4) is 0 Å². The number of aliphatic carboxylic acids is 1. The van der Waals surface area contributed by atoms with E-state index in [0.717, 1.165) is 10.8 Å². The van der Waals surface area contributed by atoms with E-state index in [9.17, 15) is 9.59 Å². The Balaban J connectivity index is 1.70. The maximum Gasteiger partial charge on any atom is 0.341 e. The number of carbonyl (C=O) groups is 2. The van der Waals surface area contributed by atoms with E-state index in [0.29, 0.717) is 17.0 Å². The zero-order valence-corrected chi connectivity index (χ0v) is 12.7. The molecule has 0 aliphatic carbocycles. The fourth-order valence-electron chi connectivity index (χ4n) is 2.31. The molecule has 3 aromatic carbocycles. The van der Waals surface area contributed by atoms with Crippen molar-refractivity contribution in [1.29, 1.82) is 0 Å². The molecule has 0 unspecified atom stereocenters. The molecule has 1 amide bonds. The summed E-state index contributed by atoms with van der Waals surface area (Å²) in [5.41, 5.74) is 1.18. The van der Waals surface area contributed by atoms with Gasteiger partial charge in [0.25, 0.3) is 5.91 Å². The molecule has 0 radical (unpaired) electrons. The Labute approximate surface area is 138 Å². The monoisotopic (exact) mass is 321 g/mol. The van der Waals surface area contributed by atoms with Gasteiger partial charge in [-0.2, -0.15) is 0 Å². The van der Waals surface area contributed by atoms with Gasteiger partial charge in [0.05, 0.1) is 0 Å². The molecule has 120 valence electrons. The Hall–Kier alpha value is -3.34. The summed E-state index contributed by atoms with van der Waals surface area (Å²) in [6.07, 6.45) is 0. The van der Waals surface area contributed by atoms with Crippen molar-refractivity contribution >= 4 is 28.3 Å². The Morgan fingerprint density at radius 2 is 1.62 bits per heavy atom. The van der Waals surface area contributed by atoms with E-state index in [2.05, 4.69) is 5.32 Å². The zero-order chi connectivity index (χ0) is 16.9. The zero-order valence-electron chi connectivity index (χ0n) is 12.7. The van der Waals surface area contributed by atoms with Crippen LogP contribution in [0.5, 0.6) is 5.75 Å². The first-order valence-electron chi connectivity index (χ1n) is 7.36. The lowest BCUT2D eigenvalue weighted by Crippen LogP contribution is -2.12. The number of carbonyl (C=O) groups excluding carboxylic acids is 1. The molecule has 0 spiro atoms. The first-order chi connectivity index (χ1) is 11.6. The minimum atomic E-state index is -1.04. The van der Waals surface area contributed by atoms with Crippen LogP contribution < -0.4 is 10.1 Å². The summed E-state index contributed by atoms with van der Waals surface area (Å²) in [5.74, 6) is -0.815. The molecule has 0 aliphatic rings. The highest BCUT2D eigenvalue weighted by atomic mass is 16.5. The number of fused-ring (bicyclic) bond motifs is 1. The van der Waals surface area contributed by atoms with E-state index in [4.69, 9.17) is 9.84 Å². The van der Waals surface area contributed by atoms with Gasteiger partial charge >= 0.3 is 5.97 Å². The van der Waals surface area contributed by atoms with Crippen LogP contribution in [-0.4, -0.2) is 23.6 Å². The van der Waals surface area contributed by atoms with Crippen molar-refractivity contribution in [2.45, 2.75) is 0 Å². The van der Waals surface area contributed by atoms with Gasteiger partial charge in [-0.3, -0.25) is 4.79 Å². The molecule has 2 N–H and O–H groups in total. The Bertz CT molecular complexity index is 887. The van der Waals surface area contributed by atoms with E-state index in [1.165, 1.54) is 0 Å². The van der Waals surface area contributed by atoms with E-state index in [1.807, 2.05) is 36.4 Å². The van der Waals surface area contributed by atoms with Crippen molar-refractivity contribution < 1.29 is 19.4 Å². The molecule has 5 nitrogen and oxygen atoms in total. The molecule has 24 heavy (non-hydrogen) atoms. The molecule has 0 atom stereocenters. The van der Waals surface area contributed by atoms with Gasteiger partial charge in [0, 0.05) is 11.3 Å². The molecule has 0 fully saturated rings. The number of carboxylic acids is 1. The van der Waals surface area contributed by atoms with Crippen molar-refractivity contribution in [3.8, 4) is 5.75 Å². The van der Waals surface area contributed by atoms with Gasteiger partial charge in [-0.25, -0.2) is 4.79 Å². The first kappa shape index (κ1) is 15.6. The molecule has 0 saturated carbocycles. The topological polar surface area (TPSA) is 75.6 Å². The van der Waals surface area contributed by atoms with Crippen LogP contribution in [0.1, 0.15) is 10.4 Å². The van der Waals surface area contributed by atoms with Gasteiger partial charge in [-0.15, -0.1) is 0 Å². The lowest BCUT2D eigenvalue weighted by Gasteiger charge is -2.08. The number of hydrogen-bond acceptors (Lipinski definition) is 3. The number of hydrogen-bond donors (Lipinski definition) is 2. The molecule has 5 heteroatoms. The average molecular weight is 321 g/mol. The van der Waals surface area contributed by atoms with Crippen LogP contribution >= 0.6 is 0 Å². The first-order valence-corrected chi connectivity index (χ1v) is 7.36. The van der Waals surface area contributed by atoms with Crippen LogP contribution in [-0.2, 0) is 4.79 Å². The van der Waals surface area contributed by atoms with Crippen LogP contribution in [0.25, 0.3) is 10.8 Å². The number of nitrogens with one attached hydrogen (secondary N) is 1.